The molecule has 0 bridgehead atoms. The first-order valence-corrected chi connectivity index (χ1v) is 6.90. The second kappa shape index (κ2) is 6.20. The molecule has 6 heteroatoms. The minimum atomic E-state index is -1.00. The lowest BCUT2D eigenvalue weighted by atomic mass is 9.93. The van der Waals surface area contributed by atoms with Crippen molar-refractivity contribution in [1.82, 2.24) is 5.32 Å². The normalized spacial score (nSPS) is 14.6. The Kier molecular flexibility index (Phi) is 5.30. The van der Waals surface area contributed by atoms with E-state index in [4.69, 9.17) is 27.9 Å². The molecule has 0 saturated carbocycles. The fourth-order valence-electron chi connectivity index (χ4n) is 1.57. The maximum atomic E-state index is 11.9. The fourth-order valence-corrected chi connectivity index (χ4v) is 1.87. The molecule has 4 nitrogen and oxygen atoms in total. The molecule has 20 heavy (non-hydrogen) atoms. The van der Waals surface area contributed by atoms with Gasteiger partial charge in [-0.3, -0.25) is 0 Å². The third-order valence-electron chi connectivity index (χ3n) is 2.65. The van der Waals surface area contributed by atoms with E-state index in [0.29, 0.717) is 15.6 Å². The van der Waals surface area contributed by atoms with Crippen molar-refractivity contribution in [2.45, 2.75) is 38.8 Å². The van der Waals surface area contributed by atoms with E-state index < -0.39 is 17.2 Å². The maximum Gasteiger partial charge on any atom is 0.408 e. The molecule has 1 unspecified atom stereocenters. The number of alkyl carbamates (subject to hydrolysis) is 1. The van der Waals surface area contributed by atoms with Crippen molar-refractivity contribution in [3.05, 3.63) is 33.8 Å². The lowest BCUT2D eigenvalue weighted by Gasteiger charge is -2.31. The summed E-state index contributed by atoms with van der Waals surface area (Å²) >= 11 is 11.8. The predicted octanol–water partition coefficient (Wildman–Crippen LogP) is 3.73. The number of ether oxygens (including phenoxy) is 1. The van der Waals surface area contributed by atoms with Crippen LogP contribution >= 0.6 is 23.2 Å². The highest BCUT2D eigenvalue weighted by Gasteiger charge is 2.30. The molecule has 112 valence electrons. The van der Waals surface area contributed by atoms with Gasteiger partial charge in [-0.05, 0) is 45.4 Å². The number of amides is 1. The number of aliphatic hydroxyl groups is 1. The quantitative estimate of drug-likeness (QED) is 0.892. The van der Waals surface area contributed by atoms with Gasteiger partial charge in [0.15, 0.2) is 0 Å². The zero-order valence-corrected chi connectivity index (χ0v) is 13.5. The summed E-state index contributed by atoms with van der Waals surface area (Å²) in [5, 5.41) is 13.0. The van der Waals surface area contributed by atoms with Crippen LogP contribution in [0.2, 0.25) is 10.0 Å². The number of hydrogen-bond donors (Lipinski definition) is 2. The Balaban J connectivity index is 2.96. The molecule has 0 aliphatic heterocycles. The lowest BCUT2D eigenvalue weighted by Crippen LogP contribution is -2.48. The van der Waals surface area contributed by atoms with Crippen LogP contribution in [0.4, 0.5) is 4.79 Å². The molecule has 0 fully saturated rings. The lowest BCUT2D eigenvalue weighted by molar-refractivity contribution is 0.0411. The van der Waals surface area contributed by atoms with E-state index >= 15 is 0 Å². The largest absolute Gasteiger partial charge is 0.444 e. The Morgan fingerprint density at radius 3 is 2.30 bits per heavy atom. The van der Waals surface area contributed by atoms with E-state index in [0.717, 1.165) is 0 Å². The highest BCUT2D eigenvalue weighted by Crippen LogP contribution is 2.28. The molecule has 0 aromatic heterocycles. The van der Waals surface area contributed by atoms with Gasteiger partial charge in [0.25, 0.3) is 0 Å². The molecule has 0 aliphatic rings. The van der Waals surface area contributed by atoms with Gasteiger partial charge in [0, 0.05) is 0 Å². The Morgan fingerprint density at radius 2 is 1.85 bits per heavy atom. The van der Waals surface area contributed by atoms with E-state index in [-0.39, 0.29) is 6.61 Å². The van der Waals surface area contributed by atoms with Crippen LogP contribution in [-0.2, 0) is 10.3 Å². The molecule has 1 rings (SSSR count). The molecular formula is C14H19Cl2NO3. The van der Waals surface area contributed by atoms with Gasteiger partial charge in [0.05, 0.1) is 22.2 Å². The van der Waals surface area contributed by atoms with Crippen LogP contribution in [0.25, 0.3) is 0 Å². The van der Waals surface area contributed by atoms with Crippen molar-refractivity contribution in [3.8, 4) is 0 Å². The van der Waals surface area contributed by atoms with Gasteiger partial charge in [0.1, 0.15) is 5.60 Å². The van der Waals surface area contributed by atoms with E-state index in [2.05, 4.69) is 5.32 Å². The summed E-state index contributed by atoms with van der Waals surface area (Å²) in [6, 6.07) is 4.92. The van der Waals surface area contributed by atoms with E-state index in [1.807, 2.05) is 0 Å². The van der Waals surface area contributed by atoms with Crippen molar-refractivity contribution in [2.75, 3.05) is 6.61 Å². The molecule has 0 spiro atoms. The summed E-state index contributed by atoms with van der Waals surface area (Å²) in [4.78, 5) is 11.9. The SMILES string of the molecule is CC(C)(C)OC(=O)NC(C)(CO)c1ccc(Cl)c(Cl)c1. The van der Waals surface area contributed by atoms with E-state index in [1.165, 1.54) is 0 Å². The molecule has 0 radical (unpaired) electrons. The summed E-state index contributed by atoms with van der Waals surface area (Å²) in [5.74, 6) is 0. The van der Waals surface area contributed by atoms with Crippen LogP contribution in [0.5, 0.6) is 0 Å². The number of carbonyl (C=O) groups excluding carboxylic acids is 1. The molecular weight excluding hydrogens is 301 g/mol. The number of carbonyl (C=O) groups is 1. The Hall–Kier alpha value is -0.970. The van der Waals surface area contributed by atoms with Gasteiger partial charge in [-0.25, -0.2) is 4.79 Å². The van der Waals surface area contributed by atoms with E-state index in [9.17, 15) is 9.90 Å². The first kappa shape index (κ1) is 17.1. The molecule has 1 atom stereocenters. The van der Waals surface area contributed by atoms with Crippen molar-refractivity contribution >= 4 is 29.3 Å². The first-order chi connectivity index (χ1) is 9.07. The van der Waals surface area contributed by atoms with Crippen LogP contribution in [0.3, 0.4) is 0 Å². The van der Waals surface area contributed by atoms with Crippen molar-refractivity contribution in [3.63, 3.8) is 0 Å². The smallest absolute Gasteiger partial charge is 0.408 e. The zero-order valence-electron chi connectivity index (χ0n) is 12.0. The number of hydrogen-bond acceptors (Lipinski definition) is 3. The first-order valence-electron chi connectivity index (χ1n) is 6.15. The van der Waals surface area contributed by atoms with Gasteiger partial charge in [-0.15, -0.1) is 0 Å². The number of benzene rings is 1. The van der Waals surface area contributed by atoms with Gasteiger partial charge in [0.2, 0.25) is 0 Å². The highest BCUT2D eigenvalue weighted by atomic mass is 35.5. The van der Waals surface area contributed by atoms with Crippen molar-refractivity contribution < 1.29 is 14.6 Å². The van der Waals surface area contributed by atoms with E-state index in [1.54, 1.807) is 45.9 Å². The zero-order chi connectivity index (χ0) is 15.6. The molecule has 1 aromatic carbocycles. The fraction of sp³-hybridized carbons (Fsp3) is 0.500. The number of aliphatic hydroxyl groups excluding tert-OH is 1. The standard InChI is InChI=1S/C14H19Cl2NO3/c1-13(2,3)20-12(19)17-14(4,8-18)9-5-6-10(15)11(16)7-9/h5-7,18H,8H2,1-4H3,(H,17,19). The molecule has 1 aromatic rings. The topological polar surface area (TPSA) is 58.6 Å². The minimum Gasteiger partial charge on any atom is -0.444 e. The summed E-state index contributed by atoms with van der Waals surface area (Å²) in [5.41, 5.74) is -0.977. The van der Waals surface area contributed by atoms with Gasteiger partial charge in [-0.2, -0.15) is 0 Å². The summed E-state index contributed by atoms with van der Waals surface area (Å²) in [6.45, 7) is 6.67. The predicted molar refractivity (Wildman–Crippen MR) is 80.3 cm³/mol. The average molecular weight is 320 g/mol. The Bertz CT molecular complexity index is 500. The van der Waals surface area contributed by atoms with Crippen LogP contribution < -0.4 is 5.32 Å². The molecule has 2 N–H and O–H groups in total. The van der Waals surface area contributed by atoms with Crippen LogP contribution in [0, 0.1) is 0 Å². The Morgan fingerprint density at radius 1 is 1.25 bits per heavy atom. The van der Waals surface area contributed by atoms with Crippen molar-refractivity contribution in [1.29, 1.82) is 0 Å². The molecule has 0 heterocycles. The summed E-state index contributed by atoms with van der Waals surface area (Å²) < 4.78 is 5.19. The second-order valence-corrected chi connectivity index (χ2v) is 6.56. The Labute approximate surface area is 129 Å². The highest BCUT2D eigenvalue weighted by molar-refractivity contribution is 6.42. The average Bonchev–Trinajstić information content (AvgIpc) is 2.29. The monoisotopic (exact) mass is 319 g/mol. The second-order valence-electron chi connectivity index (χ2n) is 5.75. The maximum absolute atomic E-state index is 11.9. The summed E-state index contributed by atoms with van der Waals surface area (Å²) in [7, 11) is 0. The summed E-state index contributed by atoms with van der Waals surface area (Å²) in [6.07, 6.45) is -0.611. The minimum absolute atomic E-state index is 0.301. The third-order valence-corrected chi connectivity index (χ3v) is 3.39. The van der Waals surface area contributed by atoms with Crippen LogP contribution in [-0.4, -0.2) is 23.4 Å². The molecule has 0 saturated heterocycles. The van der Waals surface area contributed by atoms with Gasteiger partial charge in [-0.1, -0.05) is 29.3 Å². The van der Waals surface area contributed by atoms with Crippen LogP contribution in [0.1, 0.15) is 33.3 Å². The van der Waals surface area contributed by atoms with Gasteiger partial charge >= 0.3 is 6.09 Å². The van der Waals surface area contributed by atoms with Gasteiger partial charge < -0.3 is 15.2 Å². The van der Waals surface area contributed by atoms with Crippen molar-refractivity contribution in [2.24, 2.45) is 0 Å². The third kappa shape index (κ3) is 4.54. The number of rotatable bonds is 3. The number of halogens is 2. The van der Waals surface area contributed by atoms with Crippen LogP contribution in [0.15, 0.2) is 18.2 Å². The molecule has 1 amide bonds. The number of nitrogens with one attached hydrogen (secondary N) is 1. The molecule has 0 aliphatic carbocycles.